The van der Waals surface area contributed by atoms with Crippen molar-refractivity contribution in [2.75, 3.05) is 18.4 Å². The monoisotopic (exact) mass is 281 g/mol. The van der Waals surface area contributed by atoms with Gasteiger partial charge in [0.2, 0.25) is 5.91 Å². The van der Waals surface area contributed by atoms with E-state index in [9.17, 15) is 19.7 Å². The first-order chi connectivity index (χ1) is 9.45. The number of hydrogen-bond acceptors (Lipinski definition) is 5. The van der Waals surface area contributed by atoms with E-state index >= 15 is 0 Å². The smallest absolute Gasteiger partial charge is 0.337 e. The van der Waals surface area contributed by atoms with Crippen LogP contribution in [0.4, 0.5) is 11.4 Å². The topological polar surface area (TPSA) is 122 Å². The van der Waals surface area contributed by atoms with Crippen LogP contribution in [-0.2, 0) is 4.79 Å². The lowest BCUT2D eigenvalue weighted by Crippen LogP contribution is -2.25. The largest absolute Gasteiger partial charge is 0.478 e. The molecule has 0 radical (unpaired) electrons. The van der Waals surface area contributed by atoms with E-state index in [1.165, 1.54) is 0 Å². The van der Waals surface area contributed by atoms with E-state index < -0.39 is 10.9 Å². The maximum atomic E-state index is 11.3. The molecule has 0 fully saturated rings. The number of amides is 1. The van der Waals surface area contributed by atoms with Crippen LogP contribution in [0.2, 0.25) is 0 Å². The van der Waals surface area contributed by atoms with Crippen LogP contribution in [0.5, 0.6) is 0 Å². The summed E-state index contributed by atoms with van der Waals surface area (Å²) >= 11 is 0. The Labute approximate surface area is 114 Å². The second kappa shape index (κ2) is 7.07. The first kappa shape index (κ1) is 15.4. The molecule has 0 unspecified atom stereocenters. The molecular weight excluding hydrogens is 266 g/mol. The zero-order valence-electron chi connectivity index (χ0n) is 10.9. The fourth-order valence-corrected chi connectivity index (χ4v) is 1.57. The number of hydrogen-bond donors (Lipinski definition) is 3. The van der Waals surface area contributed by atoms with Crippen LogP contribution in [0.25, 0.3) is 0 Å². The van der Waals surface area contributed by atoms with E-state index in [2.05, 4.69) is 10.6 Å². The Bertz CT molecular complexity index is 530. The lowest BCUT2D eigenvalue weighted by Gasteiger charge is -2.09. The summed E-state index contributed by atoms with van der Waals surface area (Å²) < 4.78 is 0. The van der Waals surface area contributed by atoms with Gasteiger partial charge in [0.15, 0.2) is 0 Å². The number of carboxylic acid groups (broad SMARTS) is 1. The zero-order valence-corrected chi connectivity index (χ0v) is 10.9. The van der Waals surface area contributed by atoms with Crippen LogP contribution >= 0.6 is 0 Å². The molecule has 1 amide bonds. The minimum atomic E-state index is -1.19. The number of non-ortho nitro benzene ring substituents is 1. The van der Waals surface area contributed by atoms with Crippen molar-refractivity contribution in [2.24, 2.45) is 0 Å². The number of carboxylic acids is 1. The average molecular weight is 281 g/mol. The third-order valence-corrected chi connectivity index (χ3v) is 2.49. The van der Waals surface area contributed by atoms with Crippen molar-refractivity contribution < 1.29 is 19.6 Å². The van der Waals surface area contributed by atoms with E-state index in [0.717, 1.165) is 18.2 Å². The normalized spacial score (nSPS) is 9.85. The molecule has 0 saturated carbocycles. The van der Waals surface area contributed by atoms with Gasteiger partial charge in [-0.15, -0.1) is 0 Å². The van der Waals surface area contributed by atoms with Crippen LogP contribution in [0, 0.1) is 10.1 Å². The number of anilines is 1. The average Bonchev–Trinajstić information content (AvgIpc) is 2.38. The van der Waals surface area contributed by atoms with Crippen molar-refractivity contribution in [3.63, 3.8) is 0 Å². The highest BCUT2D eigenvalue weighted by Gasteiger charge is 2.15. The van der Waals surface area contributed by atoms with Gasteiger partial charge in [0.1, 0.15) is 0 Å². The van der Waals surface area contributed by atoms with E-state index in [-0.39, 0.29) is 35.8 Å². The van der Waals surface area contributed by atoms with Crippen molar-refractivity contribution in [2.45, 2.75) is 13.3 Å². The Morgan fingerprint density at radius 2 is 2.10 bits per heavy atom. The zero-order chi connectivity index (χ0) is 15.1. The van der Waals surface area contributed by atoms with Gasteiger partial charge in [-0.25, -0.2) is 4.79 Å². The minimum absolute atomic E-state index is 0.0773. The van der Waals surface area contributed by atoms with E-state index in [0.29, 0.717) is 6.54 Å². The van der Waals surface area contributed by atoms with E-state index in [4.69, 9.17) is 5.11 Å². The van der Waals surface area contributed by atoms with Crippen LogP contribution in [0.1, 0.15) is 23.7 Å². The number of carbonyl (C=O) groups is 2. The molecule has 20 heavy (non-hydrogen) atoms. The van der Waals surface area contributed by atoms with Crippen molar-refractivity contribution in [1.29, 1.82) is 0 Å². The lowest BCUT2D eigenvalue weighted by atomic mass is 10.1. The first-order valence-corrected chi connectivity index (χ1v) is 5.98. The van der Waals surface area contributed by atoms with Crippen molar-refractivity contribution in [3.8, 4) is 0 Å². The van der Waals surface area contributed by atoms with Gasteiger partial charge in [-0.1, -0.05) is 0 Å². The molecule has 0 aliphatic carbocycles. The standard InChI is InChI=1S/C12H15N3O5/c1-2-13-11(16)5-6-14-10-7-8(15(19)20)3-4-9(10)12(17)18/h3-4,7,14H,2,5-6H2,1H3,(H,13,16)(H,17,18). The Morgan fingerprint density at radius 3 is 2.65 bits per heavy atom. The number of nitro groups is 1. The molecule has 8 heteroatoms. The summed E-state index contributed by atoms with van der Waals surface area (Å²) in [4.78, 5) is 32.3. The molecule has 0 aliphatic heterocycles. The Balaban J connectivity index is 2.80. The maximum Gasteiger partial charge on any atom is 0.337 e. The van der Waals surface area contributed by atoms with Crippen molar-refractivity contribution in [1.82, 2.24) is 5.32 Å². The summed E-state index contributed by atoms with van der Waals surface area (Å²) in [5.74, 6) is -1.37. The number of benzene rings is 1. The number of aromatic carboxylic acids is 1. The summed E-state index contributed by atoms with van der Waals surface area (Å²) in [7, 11) is 0. The predicted octanol–water partition coefficient (Wildman–Crippen LogP) is 1.23. The summed E-state index contributed by atoms with van der Waals surface area (Å²) in [6.45, 7) is 2.48. The highest BCUT2D eigenvalue weighted by atomic mass is 16.6. The Kier molecular flexibility index (Phi) is 5.45. The number of rotatable bonds is 7. The quantitative estimate of drug-likeness (QED) is 0.510. The fourth-order valence-electron chi connectivity index (χ4n) is 1.57. The first-order valence-electron chi connectivity index (χ1n) is 5.98. The van der Waals surface area contributed by atoms with Crippen LogP contribution in [0.15, 0.2) is 18.2 Å². The summed E-state index contributed by atoms with van der Waals surface area (Å²) in [5, 5.41) is 25.0. The van der Waals surface area contributed by atoms with Crippen LogP contribution in [0.3, 0.4) is 0 Å². The van der Waals surface area contributed by atoms with Gasteiger partial charge in [-0.3, -0.25) is 14.9 Å². The molecule has 0 heterocycles. The molecule has 1 aromatic carbocycles. The Hall–Kier alpha value is -2.64. The number of nitrogens with one attached hydrogen (secondary N) is 2. The number of nitro benzene ring substituents is 1. The number of nitrogens with zero attached hydrogens (tertiary/aromatic N) is 1. The molecule has 0 saturated heterocycles. The van der Waals surface area contributed by atoms with Gasteiger partial charge in [-0.05, 0) is 13.0 Å². The summed E-state index contributed by atoms with van der Waals surface area (Å²) in [6.07, 6.45) is 0.148. The van der Waals surface area contributed by atoms with Crippen LogP contribution in [-0.4, -0.2) is 35.0 Å². The molecule has 0 spiro atoms. The van der Waals surface area contributed by atoms with E-state index in [1.54, 1.807) is 6.92 Å². The SMILES string of the molecule is CCNC(=O)CCNc1cc([N+](=O)[O-])ccc1C(=O)O. The molecule has 1 rings (SSSR count). The highest BCUT2D eigenvalue weighted by Crippen LogP contribution is 2.22. The number of carbonyl (C=O) groups excluding carboxylic acids is 1. The molecule has 8 nitrogen and oxygen atoms in total. The second-order valence-corrected chi connectivity index (χ2v) is 3.92. The summed E-state index contributed by atoms with van der Waals surface area (Å²) in [6, 6.07) is 3.43. The van der Waals surface area contributed by atoms with Gasteiger partial charge >= 0.3 is 5.97 Å². The second-order valence-electron chi connectivity index (χ2n) is 3.92. The molecule has 3 N–H and O–H groups in total. The molecule has 0 bridgehead atoms. The lowest BCUT2D eigenvalue weighted by molar-refractivity contribution is -0.384. The van der Waals surface area contributed by atoms with Gasteiger partial charge < -0.3 is 15.7 Å². The molecule has 1 aromatic rings. The minimum Gasteiger partial charge on any atom is -0.478 e. The predicted molar refractivity (Wildman–Crippen MR) is 71.8 cm³/mol. The van der Waals surface area contributed by atoms with Gasteiger partial charge in [-0.2, -0.15) is 0 Å². The molecule has 0 aliphatic rings. The third-order valence-electron chi connectivity index (χ3n) is 2.49. The molecule has 108 valence electrons. The maximum absolute atomic E-state index is 11.3. The third kappa shape index (κ3) is 4.23. The Morgan fingerprint density at radius 1 is 1.40 bits per heavy atom. The van der Waals surface area contributed by atoms with Gasteiger partial charge in [0.05, 0.1) is 16.2 Å². The van der Waals surface area contributed by atoms with Crippen molar-refractivity contribution >= 4 is 23.3 Å². The molecule has 0 aromatic heterocycles. The van der Waals surface area contributed by atoms with Crippen molar-refractivity contribution in [3.05, 3.63) is 33.9 Å². The molecular formula is C12H15N3O5. The van der Waals surface area contributed by atoms with E-state index in [1.807, 2.05) is 0 Å². The molecule has 0 atom stereocenters. The summed E-state index contributed by atoms with van der Waals surface area (Å²) in [5.41, 5.74) is -0.169. The van der Waals surface area contributed by atoms with Gasteiger partial charge in [0.25, 0.3) is 5.69 Å². The van der Waals surface area contributed by atoms with Crippen LogP contribution < -0.4 is 10.6 Å². The van der Waals surface area contributed by atoms with Gasteiger partial charge in [0, 0.05) is 31.6 Å². The highest BCUT2D eigenvalue weighted by molar-refractivity contribution is 5.94. The fraction of sp³-hybridized carbons (Fsp3) is 0.333.